The molecule has 4 nitrogen and oxygen atoms in total. The summed E-state index contributed by atoms with van der Waals surface area (Å²) in [6, 6.07) is 4.14. The van der Waals surface area contributed by atoms with Crippen molar-refractivity contribution in [3.8, 4) is 0 Å². The van der Waals surface area contributed by atoms with Crippen molar-refractivity contribution in [3.63, 3.8) is 0 Å². The lowest BCUT2D eigenvalue weighted by atomic mass is 10.1. The fraction of sp³-hybridized carbons (Fsp3) is 0.643. The number of likely N-dealkylation sites (N-methyl/N-ethyl adjacent to an activating group) is 1. The van der Waals surface area contributed by atoms with Crippen LogP contribution in [0.25, 0.3) is 0 Å². The fourth-order valence-electron chi connectivity index (χ4n) is 2.20. The first-order chi connectivity index (χ1) is 8.84. The van der Waals surface area contributed by atoms with E-state index in [9.17, 15) is 0 Å². The second-order valence-corrected chi connectivity index (χ2v) is 5.03. The molecule has 1 aliphatic rings. The van der Waals surface area contributed by atoms with Crippen molar-refractivity contribution >= 4 is 0 Å². The molecule has 0 aliphatic carbocycles. The van der Waals surface area contributed by atoms with Gasteiger partial charge in [0.1, 0.15) is 0 Å². The minimum atomic E-state index is 0.718. The quantitative estimate of drug-likeness (QED) is 0.735. The van der Waals surface area contributed by atoms with Crippen LogP contribution in [-0.4, -0.2) is 49.8 Å². The van der Waals surface area contributed by atoms with Crippen LogP contribution in [0.4, 0.5) is 0 Å². The Hall–Kier alpha value is -0.970. The molecule has 18 heavy (non-hydrogen) atoms. The molecule has 2 heterocycles. The third-order valence-corrected chi connectivity index (χ3v) is 3.33. The van der Waals surface area contributed by atoms with Crippen LogP contribution in [0.5, 0.6) is 0 Å². The minimum Gasteiger partial charge on any atom is -0.381 e. The lowest BCUT2D eigenvalue weighted by Gasteiger charge is -2.17. The lowest BCUT2D eigenvalue weighted by molar-refractivity contribution is 0.185. The van der Waals surface area contributed by atoms with Gasteiger partial charge in [-0.15, -0.1) is 0 Å². The van der Waals surface area contributed by atoms with Crippen molar-refractivity contribution in [3.05, 3.63) is 30.1 Å². The van der Waals surface area contributed by atoms with E-state index >= 15 is 0 Å². The van der Waals surface area contributed by atoms with Gasteiger partial charge in [-0.05, 0) is 37.1 Å². The number of rotatable bonds is 7. The second kappa shape index (κ2) is 7.46. The van der Waals surface area contributed by atoms with Crippen molar-refractivity contribution < 1.29 is 4.74 Å². The van der Waals surface area contributed by atoms with Crippen LogP contribution in [0.1, 0.15) is 12.0 Å². The molecule has 4 heteroatoms. The highest BCUT2D eigenvalue weighted by Crippen LogP contribution is 2.10. The summed E-state index contributed by atoms with van der Waals surface area (Å²) in [7, 11) is 2.15. The molecule has 0 aromatic carbocycles. The number of ether oxygens (including phenoxy) is 1. The molecular weight excluding hydrogens is 226 g/mol. The zero-order valence-electron chi connectivity index (χ0n) is 11.1. The van der Waals surface area contributed by atoms with Gasteiger partial charge in [0.2, 0.25) is 0 Å². The van der Waals surface area contributed by atoms with E-state index in [1.54, 1.807) is 0 Å². The maximum Gasteiger partial charge on any atom is 0.0507 e. The predicted octanol–water partition coefficient (Wildman–Crippen LogP) is 1.14. The van der Waals surface area contributed by atoms with Crippen molar-refractivity contribution in [1.82, 2.24) is 15.2 Å². The number of aromatic nitrogens is 1. The number of nitrogens with zero attached hydrogens (tertiary/aromatic N) is 2. The van der Waals surface area contributed by atoms with E-state index < -0.39 is 0 Å². The lowest BCUT2D eigenvalue weighted by Crippen LogP contribution is -2.32. The van der Waals surface area contributed by atoms with Crippen LogP contribution in [0.15, 0.2) is 24.5 Å². The number of pyridine rings is 1. The number of nitrogens with one attached hydrogen (secondary N) is 1. The van der Waals surface area contributed by atoms with Crippen molar-refractivity contribution in [2.75, 3.05) is 39.9 Å². The van der Waals surface area contributed by atoms with E-state index in [2.05, 4.69) is 34.4 Å². The molecular formula is C14H23N3O. The highest BCUT2D eigenvalue weighted by Gasteiger charge is 2.14. The molecule has 0 radical (unpaired) electrons. The van der Waals surface area contributed by atoms with Crippen molar-refractivity contribution in [2.45, 2.75) is 13.0 Å². The maximum atomic E-state index is 5.36. The van der Waals surface area contributed by atoms with Gasteiger partial charge in [-0.3, -0.25) is 4.98 Å². The standard InChI is InChI=1S/C14H23N3O/c1-17(11-13-2-5-15-6-3-13)8-7-16-10-14-4-9-18-12-14/h2-3,5-6,14,16H,4,7-12H2,1H3. The van der Waals surface area contributed by atoms with Crippen LogP contribution >= 0.6 is 0 Å². The molecule has 0 saturated carbocycles. The first-order valence-corrected chi connectivity index (χ1v) is 6.70. The van der Waals surface area contributed by atoms with Crippen LogP contribution in [-0.2, 0) is 11.3 Å². The molecule has 1 N–H and O–H groups in total. The molecule has 1 aromatic heterocycles. The van der Waals surface area contributed by atoms with Gasteiger partial charge in [0.05, 0.1) is 6.61 Å². The first-order valence-electron chi connectivity index (χ1n) is 6.70. The molecule has 100 valence electrons. The zero-order valence-corrected chi connectivity index (χ0v) is 11.1. The molecule has 1 saturated heterocycles. The van der Waals surface area contributed by atoms with Crippen LogP contribution in [0.3, 0.4) is 0 Å². The predicted molar refractivity (Wildman–Crippen MR) is 72.4 cm³/mol. The summed E-state index contributed by atoms with van der Waals surface area (Å²) in [6.07, 6.45) is 4.91. The third kappa shape index (κ3) is 4.72. The fourth-order valence-corrected chi connectivity index (χ4v) is 2.20. The molecule has 2 rings (SSSR count). The monoisotopic (exact) mass is 249 g/mol. The Morgan fingerprint density at radius 2 is 2.28 bits per heavy atom. The topological polar surface area (TPSA) is 37.4 Å². The van der Waals surface area contributed by atoms with Crippen LogP contribution in [0, 0.1) is 5.92 Å². The second-order valence-electron chi connectivity index (χ2n) is 5.03. The summed E-state index contributed by atoms with van der Waals surface area (Å²) in [5, 5.41) is 3.51. The van der Waals surface area contributed by atoms with Gasteiger partial charge in [0.25, 0.3) is 0 Å². The Bertz CT molecular complexity index is 325. The van der Waals surface area contributed by atoms with Gasteiger partial charge in [-0.25, -0.2) is 0 Å². The molecule has 1 unspecified atom stereocenters. The SMILES string of the molecule is CN(CCNCC1CCOC1)Cc1ccncc1. The average molecular weight is 249 g/mol. The zero-order chi connectivity index (χ0) is 12.6. The Balaban J connectivity index is 1.55. The van der Waals surface area contributed by atoms with E-state index in [1.165, 1.54) is 12.0 Å². The van der Waals surface area contributed by atoms with Gasteiger partial charge >= 0.3 is 0 Å². The largest absolute Gasteiger partial charge is 0.381 e. The van der Waals surface area contributed by atoms with E-state index in [0.717, 1.165) is 45.3 Å². The third-order valence-electron chi connectivity index (χ3n) is 3.33. The summed E-state index contributed by atoms with van der Waals surface area (Å²) in [4.78, 5) is 6.36. The molecule has 0 bridgehead atoms. The van der Waals surface area contributed by atoms with E-state index in [-0.39, 0.29) is 0 Å². The number of hydrogen-bond donors (Lipinski definition) is 1. The summed E-state index contributed by atoms with van der Waals surface area (Å²) < 4.78 is 5.36. The molecule has 1 aliphatic heterocycles. The smallest absolute Gasteiger partial charge is 0.0507 e. The molecule has 0 spiro atoms. The molecule has 1 aromatic rings. The van der Waals surface area contributed by atoms with Gasteiger partial charge in [-0.1, -0.05) is 0 Å². The van der Waals surface area contributed by atoms with Gasteiger partial charge in [0, 0.05) is 45.2 Å². The normalized spacial score (nSPS) is 19.6. The van der Waals surface area contributed by atoms with Crippen LogP contribution in [0.2, 0.25) is 0 Å². The number of hydrogen-bond acceptors (Lipinski definition) is 4. The first kappa shape index (κ1) is 13.5. The van der Waals surface area contributed by atoms with Crippen LogP contribution < -0.4 is 5.32 Å². The summed E-state index contributed by atoms with van der Waals surface area (Å²) in [5.74, 6) is 0.718. The minimum absolute atomic E-state index is 0.718. The van der Waals surface area contributed by atoms with Gasteiger partial charge in [-0.2, -0.15) is 0 Å². The summed E-state index contributed by atoms with van der Waals surface area (Å²) in [5.41, 5.74) is 1.32. The molecule has 1 fully saturated rings. The van der Waals surface area contributed by atoms with Crippen molar-refractivity contribution in [2.24, 2.45) is 5.92 Å². The summed E-state index contributed by atoms with van der Waals surface area (Å²) >= 11 is 0. The van der Waals surface area contributed by atoms with E-state index in [4.69, 9.17) is 4.74 Å². The van der Waals surface area contributed by atoms with E-state index in [0.29, 0.717) is 0 Å². The highest BCUT2D eigenvalue weighted by atomic mass is 16.5. The Kier molecular flexibility index (Phi) is 5.58. The molecule has 0 amide bonds. The summed E-state index contributed by atoms with van der Waals surface area (Å²) in [6.45, 7) is 6.04. The van der Waals surface area contributed by atoms with Gasteiger partial charge in [0.15, 0.2) is 0 Å². The van der Waals surface area contributed by atoms with E-state index in [1.807, 2.05) is 12.4 Å². The average Bonchev–Trinajstić information content (AvgIpc) is 2.89. The Morgan fingerprint density at radius 3 is 3.00 bits per heavy atom. The maximum absolute atomic E-state index is 5.36. The van der Waals surface area contributed by atoms with Gasteiger partial charge < -0.3 is 15.0 Å². The van der Waals surface area contributed by atoms with Crippen molar-refractivity contribution in [1.29, 1.82) is 0 Å². The Morgan fingerprint density at radius 1 is 1.44 bits per heavy atom. The molecule has 1 atom stereocenters. The highest BCUT2D eigenvalue weighted by molar-refractivity contribution is 5.09. The Labute approximate surface area is 109 Å².